The molecule has 5 nitrogen and oxygen atoms in total. The molecule has 0 aliphatic carbocycles. The Labute approximate surface area is 105 Å². The van der Waals surface area contributed by atoms with Crippen molar-refractivity contribution in [3.05, 3.63) is 15.6 Å². The average molecular weight is 279 g/mol. The first-order chi connectivity index (χ1) is 7.90. The van der Waals surface area contributed by atoms with Gasteiger partial charge in [0.1, 0.15) is 10.8 Å². The van der Waals surface area contributed by atoms with Crippen LogP contribution >= 0.6 is 11.3 Å². The van der Waals surface area contributed by atoms with Crippen LogP contribution in [0.4, 0.5) is 0 Å². The summed E-state index contributed by atoms with van der Waals surface area (Å²) in [7, 11) is -1.62. The smallest absolute Gasteiger partial charge is 0.159 e. The molecular formula is C10H17NO4S2. The SMILES string of the molecule is COCc1nc(CS(=O)(=O)C(C)C)sc1CO. The number of aliphatic hydroxyl groups is 1. The maximum atomic E-state index is 11.7. The highest BCUT2D eigenvalue weighted by Crippen LogP contribution is 2.22. The van der Waals surface area contributed by atoms with Crippen LogP contribution < -0.4 is 0 Å². The van der Waals surface area contributed by atoms with E-state index in [4.69, 9.17) is 9.84 Å². The molecule has 7 heteroatoms. The topological polar surface area (TPSA) is 76.5 Å². The summed E-state index contributed by atoms with van der Waals surface area (Å²) in [4.78, 5) is 4.86. The largest absolute Gasteiger partial charge is 0.391 e. The molecule has 1 aromatic heterocycles. The molecule has 0 fully saturated rings. The van der Waals surface area contributed by atoms with Crippen molar-refractivity contribution in [2.24, 2.45) is 0 Å². The fraction of sp³-hybridized carbons (Fsp3) is 0.700. The number of ether oxygens (including phenoxy) is 1. The van der Waals surface area contributed by atoms with Crippen molar-refractivity contribution in [2.75, 3.05) is 7.11 Å². The number of aliphatic hydroxyl groups excluding tert-OH is 1. The molecule has 0 spiro atoms. The molecule has 0 saturated heterocycles. The lowest BCUT2D eigenvalue weighted by atomic mass is 10.4. The fourth-order valence-corrected chi connectivity index (χ4v) is 3.41. The van der Waals surface area contributed by atoms with Gasteiger partial charge in [-0.15, -0.1) is 11.3 Å². The van der Waals surface area contributed by atoms with Crippen molar-refractivity contribution in [3.63, 3.8) is 0 Å². The summed E-state index contributed by atoms with van der Waals surface area (Å²) in [5.74, 6) is -0.0773. The average Bonchev–Trinajstić information content (AvgIpc) is 2.60. The zero-order valence-electron chi connectivity index (χ0n) is 10.1. The Balaban J connectivity index is 2.93. The molecule has 17 heavy (non-hydrogen) atoms. The van der Waals surface area contributed by atoms with Gasteiger partial charge in [0.25, 0.3) is 0 Å². The first kappa shape index (κ1) is 14.6. The van der Waals surface area contributed by atoms with Gasteiger partial charge in [-0.05, 0) is 13.8 Å². The number of sulfone groups is 1. The van der Waals surface area contributed by atoms with Crippen LogP contribution in [0.5, 0.6) is 0 Å². The summed E-state index contributed by atoms with van der Waals surface area (Å²) in [5, 5.41) is 9.22. The number of aromatic nitrogens is 1. The number of thiazole rings is 1. The predicted octanol–water partition coefficient (Wildman–Crippen LogP) is 1.10. The molecule has 1 heterocycles. The van der Waals surface area contributed by atoms with Crippen molar-refractivity contribution >= 4 is 21.2 Å². The molecule has 0 aromatic carbocycles. The zero-order chi connectivity index (χ0) is 13.1. The molecular weight excluding hydrogens is 262 g/mol. The standard InChI is InChI=1S/C10H17NO4S2/c1-7(2)17(13,14)6-10-11-8(5-15-3)9(4-12)16-10/h7,12H,4-6H2,1-3H3. The molecule has 0 unspecified atom stereocenters. The molecule has 98 valence electrons. The highest BCUT2D eigenvalue weighted by atomic mass is 32.2. The van der Waals surface area contributed by atoms with E-state index >= 15 is 0 Å². The van der Waals surface area contributed by atoms with Gasteiger partial charge in [-0.3, -0.25) is 0 Å². The van der Waals surface area contributed by atoms with Gasteiger partial charge in [0.2, 0.25) is 0 Å². The third kappa shape index (κ3) is 3.74. The molecule has 1 aromatic rings. The number of rotatable bonds is 6. The lowest BCUT2D eigenvalue weighted by molar-refractivity contribution is 0.178. The Kier molecular flexibility index (Phi) is 5.05. The van der Waals surface area contributed by atoms with Crippen LogP contribution in [0.25, 0.3) is 0 Å². The van der Waals surface area contributed by atoms with Crippen LogP contribution in [-0.2, 0) is 33.5 Å². The van der Waals surface area contributed by atoms with Gasteiger partial charge in [-0.2, -0.15) is 0 Å². The third-order valence-electron chi connectivity index (χ3n) is 2.29. The third-order valence-corrected chi connectivity index (χ3v) is 5.67. The van der Waals surface area contributed by atoms with Crippen LogP contribution in [0.2, 0.25) is 0 Å². The van der Waals surface area contributed by atoms with Gasteiger partial charge in [0.15, 0.2) is 9.84 Å². The second-order valence-corrected chi connectivity index (χ2v) is 7.65. The summed E-state index contributed by atoms with van der Waals surface area (Å²) < 4.78 is 28.4. The van der Waals surface area contributed by atoms with E-state index in [0.717, 1.165) is 0 Å². The molecule has 0 aliphatic heterocycles. The van der Waals surface area contributed by atoms with Gasteiger partial charge in [0.05, 0.1) is 29.0 Å². The molecule has 0 atom stereocenters. The number of nitrogens with zero attached hydrogens (tertiary/aromatic N) is 1. The van der Waals surface area contributed by atoms with Gasteiger partial charge in [-0.1, -0.05) is 0 Å². The summed E-state index contributed by atoms with van der Waals surface area (Å²) in [6.07, 6.45) is 0. The fourth-order valence-electron chi connectivity index (χ4n) is 1.21. The predicted molar refractivity (Wildman–Crippen MR) is 66.5 cm³/mol. The Hall–Kier alpha value is -0.500. The summed E-state index contributed by atoms with van der Waals surface area (Å²) in [6, 6.07) is 0. The number of hydrogen-bond donors (Lipinski definition) is 1. The van der Waals surface area contributed by atoms with Crippen LogP contribution in [0, 0.1) is 0 Å². The van der Waals surface area contributed by atoms with Crippen molar-refractivity contribution < 1.29 is 18.3 Å². The highest BCUT2D eigenvalue weighted by molar-refractivity contribution is 7.91. The maximum Gasteiger partial charge on any atom is 0.159 e. The van der Waals surface area contributed by atoms with E-state index in [9.17, 15) is 8.42 Å². The van der Waals surface area contributed by atoms with E-state index < -0.39 is 15.1 Å². The summed E-state index contributed by atoms with van der Waals surface area (Å²) in [5.41, 5.74) is 0.619. The van der Waals surface area contributed by atoms with Crippen LogP contribution in [-0.4, -0.2) is 30.9 Å². The minimum atomic E-state index is -3.15. The monoisotopic (exact) mass is 279 g/mol. The summed E-state index contributed by atoms with van der Waals surface area (Å²) in [6.45, 7) is 3.43. The normalized spacial score (nSPS) is 12.3. The highest BCUT2D eigenvalue weighted by Gasteiger charge is 2.20. The molecule has 1 rings (SSSR count). The maximum absolute atomic E-state index is 11.7. The van der Waals surface area contributed by atoms with Gasteiger partial charge in [0, 0.05) is 7.11 Å². The van der Waals surface area contributed by atoms with E-state index in [1.807, 2.05) is 0 Å². The Morgan fingerprint density at radius 1 is 1.47 bits per heavy atom. The van der Waals surface area contributed by atoms with E-state index in [1.54, 1.807) is 13.8 Å². The quantitative estimate of drug-likeness (QED) is 0.844. The minimum Gasteiger partial charge on any atom is -0.391 e. The van der Waals surface area contributed by atoms with Crippen molar-refractivity contribution in [3.8, 4) is 0 Å². The second-order valence-electron chi connectivity index (χ2n) is 3.92. The van der Waals surface area contributed by atoms with E-state index in [1.165, 1.54) is 18.4 Å². The van der Waals surface area contributed by atoms with Gasteiger partial charge >= 0.3 is 0 Å². The van der Waals surface area contributed by atoms with Gasteiger partial charge < -0.3 is 9.84 Å². The lowest BCUT2D eigenvalue weighted by Crippen LogP contribution is -2.15. The van der Waals surface area contributed by atoms with E-state index in [2.05, 4.69) is 4.98 Å². The van der Waals surface area contributed by atoms with Crippen molar-refractivity contribution in [2.45, 2.75) is 38.1 Å². The first-order valence-electron chi connectivity index (χ1n) is 5.19. The molecule has 0 aliphatic rings. The molecule has 1 N–H and O–H groups in total. The molecule has 0 saturated carbocycles. The number of hydrogen-bond acceptors (Lipinski definition) is 6. The zero-order valence-corrected chi connectivity index (χ0v) is 11.8. The molecule has 0 radical (unpaired) electrons. The Bertz CT molecular complexity index is 465. The molecule has 0 bridgehead atoms. The summed E-state index contributed by atoms with van der Waals surface area (Å²) >= 11 is 1.22. The minimum absolute atomic E-state index is 0.0773. The molecule has 0 amide bonds. The van der Waals surface area contributed by atoms with E-state index in [0.29, 0.717) is 15.6 Å². The first-order valence-corrected chi connectivity index (χ1v) is 7.72. The lowest BCUT2D eigenvalue weighted by Gasteiger charge is -2.04. The second kappa shape index (κ2) is 5.90. The van der Waals surface area contributed by atoms with E-state index in [-0.39, 0.29) is 19.0 Å². The number of methoxy groups -OCH3 is 1. The van der Waals surface area contributed by atoms with Crippen molar-refractivity contribution in [1.29, 1.82) is 0 Å². The Morgan fingerprint density at radius 3 is 2.59 bits per heavy atom. The van der Waals surface area contributed by atoms with Crippen LogP contribution in [0.15, 0.2) is 0 Å². The Morgan fingerprint density at radius 2 is 2.12 bits per heavy atom. The van der Waals surface area contributed by atoms with Gasteiger partial charge in [-0.25, -0.2) is 13.4 Å². The van der Waals surface area contributed by atoms with Crippen LogP contribution in [0.1, 0.15) is 29.4 Å². The van der Waals surface area contributed by atoms with Crippen LogP contribution in [0.3, 0.4) is 0 Å². The van der Waals surface area contributed by atoms with Crippen molar-refractivity contribution in [1.82, 2.24) is 4.98 Å².